The lowest BCUT2D eigenvalue weighted by atomic mass is 10.2. The smallest absolute Gasteiger partial charge is 0.193 e. The molecule has 2 rings (SSSR count). The van der Waals surface area contributed by atoms with Crippen LogP contribution in [0.25, 0.3) is 0 Å². The van der Waals surface area contributed by atoms with Gasteiger partial charge in [0.1, 0.15) is 0 Å². The van der Waals surface area contributed by atoms with Crippen LogP contribution in [0.1, 0.15) is 18.9 Å². The zero-order valence-corrected chi connectivity index (χ0v) is 17.2. The molecule has 132 valence electrons. The van der Waals surface area contributed by atoms with Crippen molar-refractivity contribution in [3.63, 3.8) is 0 Å². The van der Waals surface area contributed by atoms with E-state index in [-0.39, 0.29) is 24.0 Å². The molecule has 0 radical (unpaired) electrons. The van der Waals surface area contributed by atoms with E-state index in [0.717, 1.165) is 43.6 Å². The molecule has 1 aromatic carbocycles. The zero-order chi connectivity index (χ0) is 16.5. The summed E-state index contributed by atoms with van der Waals surface area (Å²) in [5.41, 5.74) is 1.17. The highest BCUT2D eigenvalue weighted by Crippen LogP contribution is 2.12. The number of benzene rings is 1. The van der Waals surface area contributed by atoms with Crippen LogP contribution in [-0.2, 0) is 13.1 Å². The molecule has 24 heavy (non-hydrogen) atoms. The monoisotopic (exact) mass is 461 g/mol. The normalized spacial score (nSPS) is 11.0. The molecule has 0 aliphatic heterocycles. The second kappa shape index (κ2) is 11.3. The summed E-state index contributed by atoms with van der Waals surface area (Å²) in [7, 11) is 2.04. The van der Waals surface area contributed by atoms with Gasteiger partial charge in [0.15, 0.2) is 5.96 Å². The van der Waals surface area contributed by atoms with Gasteiger partial charge in [0.25, 0.3) is 0 Å². The van der Waals surface area contributed by atoms with Crippen LogP contribution in [0.15, 0.2) is 47.7 Å². The number of nitrogens with one attached hydrogen (secondary N) is 1. The average molecular weight is 462 g/mol. The van der Waals surface area contributed by atoms with Crippen LogP contribution in [0.3, 0.4) is 0 Å². The molecule has 0 unspecified atom stereocenters. The van der Waals surface area contributed by atoms with Crippen molar-refractivity contribution >= 4 is 41.5 Å². The highest BCUT2D eigenvalue weighted by atomic mass is 127. The number of hydrogen-bond donors (Lipinski definition) is 1. The van der Waals surface area contributed by atoms with E-state index in [1.807, 2.05) is 42.2 Å². The Morgan fingerprint density at radius 3 is 2.88 bits per heavy atom. The first-order valence-corrected chi connectivity index (χ1v) is 8.28. The average Bonchev–Trinajstić information content (AvgIpc) is 3.03. The van der Waals surface area contributed by atoms with E-state index >= 15 is 0 Å². The number of aromatic nitrogens is 2. The van der Waals surface area contributed by atoms with Crippen LogP contribution in [-0.4, -0.2) is 40.8 Å². The third kappa shape index (κ3) is 7.09. The molecule has 0 atom stereocenters. The van der Waals surface area contributed by atoms with E-state index in [9.17, 15) is 0 Å². The minimum Gasteiger partial charge on any atom is -0.357 e. The lowest BCUT2D eigenvalue weighted by Crippen LogP contribution is -2.38. The van der Waals surface area contributed by atoms with Gasteiger partial charge in [-0.3, -0.25) is 9.67 Å². The SMILES string of the molecule is CCNC(=NCCCn1cccn1)N(C)Cc1cccc(Cl)c1.I. The number of aryl methyl sites for hydroxylation is 1. The predicted octanol–water partition coefficient (Wildman–Crippen LogP) is 3.64. The van der Waals surface area contributed by atoms with E-state index in [1.165, 1.54) is 5.56 Å². The lowest BCUT2D eigenvalue weighted by molar-refractivity contribution is 0.475. The van der Waals surface area contributed by atoms with Crippen LogP contribution in [0.4, 0.5) is 0 Å². The largest absolute Gasteiger partial charge is 0.357 e. The molecule has 1 aromatic heterocycles. The lowest BCUT2D eigenvalue weighted by Gasteiger charge is -2.22. The van der Waals surface area contributed by atoms with Gasteiger partial charge in [-0.2, -0.15) is 5.10 Å². The van der Waals surface area contributed by atoms with Crippen molar-refractivity contribution in [3.05, 3.63) is 53.3 Å². The van der Waals surface area contributed by atoms with Gasteiger partial charge in [0, 0.05) is 50.6 Å². The quantitative estimate of drug-likeness (QED) is 0.296. The fraction of sp³-hybridized carbons (Fsp3) is 0.412. The number of guanidine groups is 1. The van der Waals surface area contributed by atoms with E-state index in [4.69, 9.17) is 11.6 Å². The maximum absolute atomic E-state index is 6.05. The molecule has 0 aliphatic carbocycles. The summed E-state index contributed by atoms with van der Waals surface area (Å²) in [5, 5.41) is 8.29. The Hall–Kier alpha value is -1.28. The third-order valence-corrected chi connectivity index (χ3v) is 3.61. The summed E-state index contributed by atoms with van der Waals surface area (Å²) in [6, 6.07) is 9.86. The number of aliphatic imine (C=N–C) groups is 1. The third-order valence-electron chi connectivity index (χ3n) is 3.37. The number of hydrogen-bond acceptors (Lipinski definition) is 2. The second-order valence-electron chi connectivity index (χ2n) is 5.34. The van der Waals surface area contributed by atoms with Crippen LogP contribution >= 0.6 is 35.6 Å². The Bertz CT molecular complexity index is 615. The fourth-order valence-corrected chi connectivity index (χ4v) is 2.52. The number of nitrogens with zero attached hydrogens (tertiary/aromatic N) is 4. The maximum atomic E-state index is 6.05. The highest BCUT2D eigenvalue weighted by Gasteiger charge is 2.06. The molecule has 2 aromatic rings. The molecule has 5 nitrogen and oxygen atoms in total. The van der Waals surface area contributed by atoms with Gasteiger partial charge >= 0.3 is 0 Å². The van der Waals surface area contributed by atoms with Crippen LogP contribution in [0.5, 0.6) is 0 Å². The van der Waals surface area contributed by atoms with Crippen molar-refractivity contribution in [3.8, 4) is 0 Å². The molecule has 0 saturated carbocycles. The number of halogens is 2. The van der Waals surface area contributed by atoms with Crippen molar-refractivity contribution < 1.29 is 0 Å². The molecule has 7 heteroatoms. The Balaban J connectivity index is 0.00000288. The second-order valence-corrected chi connectivity index (χ2v) is 5.78. The minimum atomic E-state index is 0. The Morgan fingerprint density at radius 2 is 2.21 bits per heavy atom. The first-order valence-electron chi connectivity index (χ1n) is 7.90. The van der Waals surface area contributed by atoms with E-state index in [0.29, 0.717) is 0 Å². The van der Waals surface area contributed by atoms with Crippen LogP contribution in [0.2, 0.25) is 5.02 Å². The molecule has 0 saturated heterocycles. The fourth-order valence-electron chi connectivity index (χ4n) is 2.30. The van der Waals surface area contributed by atoms with Gasteiger partial charge in [0.05, 0.1) is 0 Å². The van der Waals surface area contributed by atoms with Crippen molar-refractivity contribution in [1.82, 2.24) is 20.0 Å². The van der Waals surface area contributed by atoms with Gasteiger partial charge in [0.2, 0.25) is 0 Å². The standard InChI is InChI=1S/C17H24ClN5.HI/c1-3-19-17(20-9-5-11-23-12-6-10-21-23)22(2)14-15-7-4-8-16(18)13-15;/h4,6-8,10,12-13H,3,5,9,11,14H2,1-2H3,(H,19,20);1H. The summed E-state index contributed by atoms with van der Waals surface area (Å²) in [6.07, 6.45) is 4.73. The predicted molar refractivity (Wildman–Crippen MR) is 111 cm³/mol. The topological polar surface area (TPSA) is 45.5 Å². The van der Waals surface area contributed by atoms with E-state index in [2.05, 4.69) is 33.3 Å². The van der Waals surface area contributed by atoms with Crippen molar-refractivity contribution in [2.24, 2.45) is 4.99 Å². The van der Waals surface area contributed by atoms with Gasteiger partial charge in [-0.25, -0.2) is 0 Å². The summed E-state index contributed by atoms with van der Waals surface area (Å²) in [4.78, 5) is 6.80. The zero-order valence-electron chi connectivity index (χ0n) is 14.2. The molecular weight excluding hydrogens is 437 g/mol. The van der Waals surface area contributed by atoms with Crippen molar-refractivity contribution in [1.29, 1.82) is 0 Å². The van der Waals surface area contributed by atoms with Gasteiger partial charge < -0.3 is 10.2 Å². The summed E-state index contributed by atoms with van der Waals surface area (Å²) in [6.45, 7) is 5.34. The van der Waals surface area contributed by atoms with Gasteiger partial charge in [-0.15, -0.1) is 24.0 Å². The molecule has 0 amide bonds. The van der Waals surface area contributed by atoms with Crippen LogP contribution < -0.4 is 5.32 Å². The van der Waals surface area contributed by atoms with E-state index < -0.39 is 0 Å². The van der Waals surface area contributed by atoms with Gasteiger partial charge in [-0.1, -0.05) is 23.7 Å². The molecule has 1 N–H and O–H groups in total. The minimum absolute atomic E-state index is 0. The summed E-state index contributed by atoms with van der Waals surface area (Å²) < 4.78 is 1.93. The summed E-state index contributed by atoms with van der Waals surface area (Å²) in [5.74, 6) is 0.910. The maximum Gasteiger partial charge on any atom is 0.193 e. The highest BCUT2D eigenvalue weighted by molar-refractivity contribution is 14.0. The molecule has 0 spiro atoms. The molecular formula is C17H25ClIN5. The van der Waals surface area contributed by atoms with E-state index in [1.54, 1.807) is 6.20 Å². The van der Waals surface area contributed by atoms with Crippen LogP contribution in [0, 0.1) is 0 Å². The Kier molecular flexibility index (Phi) is 9.78. The summed E-state index contributed by atoms with van der Waals surface area (Å²) >= 11 is 6.05. The van der Waals surface area contributed by atoms with Crippen molar-refractivity contribution in [2.75, 3.05) is 20.1 Å². The molecule has 0 bridgehead atoms. The number of rotatable bonds is 7. The molecule has 0 fully saturated rings. The first kappa shape index (κ1) is 20.8. The molecule has 0 aliphatic rings. The van der Waals surface area contributed by atoms with Gasteiger partial charge in [-0.05, 0) is 37.1 Å². The molecule has 1 heterocycles. The Morgan fingerprint density at radius 1 is 1.38 bits per heavy atom. The Labute approximate surface area is 166 Å². The first-order chi connectivity index (χ1) is 11.2. The van der Waals surface area contributed by atoms with Crippen molar-refractivity contribution in [2.45, 2.75) is 26.4 Å².